The summed E-state index contributed by atoms with van der Waals surface area (Å²) in [5.41, 5.74) is 3.39. The van der Waals surface area contributed by atoms with Gasteiger partial charge in [0.2, 0.25) is 0 Å². The van der Waals surface area contributed by atoms with E-state index in [0.717, 1.165) is 37.7 Å². The van der Waals surface area contributed by atoms with Crippen LogP contribution in [0, 0.1) is 30.7 Å². The van der Waals surface area contributed by atoms with E-state index in [9.17, 15) is 33.1 Å². The van der Waals surface area contributed by atoms with Crippen molar-refractivity contribution >= 4 is 50.7 Å². The number of pyridine rings is 2. The molecule has 20 heteroatoms. The van der Waals surface area contributed by atoms with Gasteiger partial charge >= 0.3 is 435 Å². The Morgan fingerprint density at radius 3 is 1.58 bits per heavy atom. The molecule has 0 radical (unpaired) electrons. The van der Waals surface area contributed by atoms with E-state index in [1.165, 1.54) is 23.0 Å². The number of carbonyl (C=O) groups is 2. The zero-order valence-corrected chi connectivity index (χ0v) is 44.0. The molecular formula is C56H47F4N6O8Se2-. The summed E-state index contributed by atoms with van der Waals surface area (Å²) in [5, 5.41) is 15.2. The second kappa shape index (κ2) is 20.7. The summed E-state index contributed by atoms with van der Waals surface area (Å²) in [6.45, 7) is 1.73. The molecule has 2 aromatic heterocycles. The Kier molecular flexibility index (Phi) is 13.9. The molecule has 8 heterocycles. The molecule has 6 aliphatic heterocycles. The average molecular weight is 1170 g/mol. The van der Waals surface area contributed by atoms with Crippen molar-refractivity contribution in [3.63, 3.8) is 0 Å². The monoisotopic (exact) mass is 1170 g/mol. The van der Waals surface area contributed by atoms with Crippen molar-refractivity contribution in [2.24, 2.45) is 0 Å². The first-order valence-corrected chi connectivity index (χ1v) is 28.2. The smallest absolute Gasteiger partial charge is 0.358 e. The summed E-state index contributed by atoms with van der Waals surface area (Å²) in [7, 11) is 0. The summed E-state index contributed by atoms with van der Waals surface area (Å²) in [6.07, 6.45) is 1.87. The molecule has 2 fully saturated rings. The van der Waals surface area contributed by atoms with Crippen LogP contribution in [-0.2, 0) is 26.7 Å². The Bertz CT molecular complexity index is 3570. The van der Waals surface area contributed by atoms with Gasteiger partial charge in [0.05, 0.1) is 0 Å². The standard InChI is InChI=1S/C31H25F2N3O4Se.C24H19F2N3O4Se.CH3/c32-23-11-10-20-22(27(23)33)18-41-25-9-5-4-8-21(25)28(20)36-26-17-39-15-14-34(26)31(38)29-30(24(37)12-13-35(29)36)40-16-19-6-2-1-3-7-19;25-16-6-5-13-15(20(16)26)12-34-18-4-2-1-3-14(18)21(13)29-19-11-33-10-9-27(19)24(32)22-23(31)17(30)7-8-28(22)29;/h1-13,26,28H,14-18H2;1-8,19,21,31H,9-12H2;1H3/q;;-1. The number of morpholine rings is 2. The fraction of sp³-hybridized carbons (Fsp3) is 0.232. The van der Waals surface area contributed by atoms with E-state index in [1.54, 1.807) is 32.8 Å². The van der Waals surface area contributed by atoms with E-state index in [0.29, 0.717) is 52.7 Å². The van der Waals surface area contributed by atoms with Gasteiger partial charge < -0.3 is 7.43 Å². The molecule has 7 aromatic rings. The summed E-state index contributed by atoms with van der Waals surface area (Å²) in [5.74, 6) is -5.02. The molecule has 390 valence electrons. The van der Waals surface area contributed by atoms with Crippen LogP contribution in [0.1, 0.15) is 72.0 Å². The Labute approximate surface area is 445 Å². The minimum absolute atomic E-state index is 0. The summed E-state index contributed by atoms with van der Waals surface area (Å²) in [4.78, 5) is 56.0. The number of carbonyl (C=O) groups excluding carboxylic acids is 2. The Morgan fingerprint density at radius 1 is 0.566 bits per heavy atom. The third-order valence-electron chi connectivity index (χ3n) is 14.3. The van der Waals surface area contributed by atoms with E-state index in [4.69, 9.17) is 14.2 Å². The quantitative estimate of drug-likeness (QED) is 0.146. The molecule has 4 unspecified atom stereocenters. The third-order valence-corrected chi connectivity index (χ3v) is 19.0. The Morgan fingerprint density at radius 2 is 1.04 bits per heavy atom. The molecule has 0 bridgehead atoms. The molecule has 2 amide bonds. The van der Waals surface area contributed by atoms with Crippen molar-refractivity contribution in [3.05, 3.63) is 229 Å². The van der Waals surface area contributed by atoms with Crippen molar-refractivity contribution in [1.29, 1.82) is 0 Å². The van der Waals surface area contributed by atoms with Gasteiger partial charge in [0.15, 0.2) is 0 Å². The normalized spacial score (nSPS) is 20.1. The van der Waals surface area contributed by atoms with Crippen LogP contribution in [0.25, 0.3) is 0 Å². The minimum Gasteiger partial charge on any atom is -0.358 e. The van der Waals surface area contributed by atoms with Gasteiger partial charge in [-0.05, 0) is 0 Å². The van der Waals surface area contributed by atoms with Gasteiger partial charge in [-0.1, -0.05) is 6.07 Å². The zero-order valence-electron chi connectivity index (χ0n) is 40.6. The van der Waals surface area contributed by atoms with Gasteiger partial charge in [-0.25, -0.2) is 0 Å². The number of hydrogen-bond acceptors (Lipinski definition) is 10. The molecule has 5 aromatic carbocycles. The van der Waals surface area contributed by atoms with Crippen molar-refractivity contribution in [1.82, 2.24) is 19.2 Å². The van der Waals surface area contributed by atoms with Crippen LogP contribution in [-0.4, -0.2) is 118 Å². The van der Waals surface area contributed by atoms with Crippen LogP contribution in [0.15, 0.2) is 137 Å². The van der Waals surface area contributed by atoms with Gasteiger partial charge in [-0.2, -0.15) is 0 Å². The van der Waals surface area contributed by atoms with E-state index in [1.807, 2.05) is 88.9 Å². The van der Waals surface area contributed by atoms with E-state index >= 15 is 8.78 Å². The van der Waals surface area contributed by atoms with Gasteiger partial charge in [0.1, 0.15) is 0 Å². The second-order valence-electron chi connectivity index (χ2n) is 18.4. The summed E-state index contributed by atoms with van der Waals surface area (Å²) >= 11 is -0.309. The first-order valence-electron chi connectivity index (χ1n) is 24.1. The number of fused-ring (bicyclic) bond motifs is 8. The van der Waals surface area contributed by atoms with Crippen LogP contribution >= 0.6 is 0 Å². The summed E-state index contributed by atoms with van der Waals surface area (Å²) < 4.78 is 82.1. The van der Waals surface area contributed by atoms with Crippen LogP contribution in [0.4, 0.5) is 17.6 Å². The number of nitrogens with zero attached hydrogens (tertiary/aromatic N) is 6. The van der Waals surface area contributed by atoms with Crippen molar-refractivity contribution in [3.8, 4) is 11.5 Å². The molecule has 1 N–H and O–H groups in total. The average Bonchev–Trinajstić information content (AvgIpc) is 3.75. The number of benzene rings is 5. The van der Waals surface area contributed by atoms with Crippen molar-refractivity contribution in [2.75, 3.05) is 49.5 Å². The number of aromatic nitrogens is 2. The molecule has 6 aliphatic rings. The van der Waals surface area contributed by atoms with Crippen molar-refractivity contribution < 1.29 is 46.5 Å². The van der Waals surface area contributed by atoms with Crippen LogP contribution < -0.4 is 34.5 Å². The molecule has 76 heavy (non-hydrogen) atoms. The predicted octanol–water partition coefficient (Wildman–Crippen LogP) is 4.75. The van der Waals surface area contributed by atoms with Gasteiger partial charge in [-0.3, -0.25) is 0 Å². The maximum absolute atomic E-state index is 15.4. The van der Waals surface area contributed by atoms with Crippen LogP contribution in [0.5, 0.6) is 11.5 Å². The van der Waals surface area contributed by atoms with Crippen molar-refractivity contribution in [2.45, 2.75) is 41.7 Å². The second-order valence-corrected chi connectivity index (χ2v) is 22.7. The number of amides is 2. The molecule has 4 atom stereocenters. The number of rotatable bonds is 5. The Hall–Kier alpha value is -7.18. The van der Waals surface area contributed by atoms with Crippen LogP contribution in [0.2, 0.25) is 0 Å². The summed E-state index contributed by atoms with van der Waals surface area (Å²) in [6, 6.07) is 31.9. The molecule has 2 saturated heterocycles. The topological polar surface area (TPSA) is 139 Å². The number of halogens is 4. The van der Waals surface area contributed by atoms with Crippen LogP contribution in [0.3, 0.4) is 0 Å². The van der Waals surface area contributed by atoms with E-state index in [-0.39, 0.29) is 86.8 Å². The predicted molar refractivity (Wildman–Crippen MR) is 275 cm³/mol. The number of ether oxygens (including phenoxy) is 3. The zero-order chi connectivity index (χ0) is 51.6. The number of aromatic hydroxyl groups is 1. The molecule has 13 rings (SSSR count). The van der Waals surface area contributed by atoms with E-state index < -0.39 is 70.2 Å². The molecule has 0 aliphatic carbocycles. The van der Waals surface area contributed by atoms with Gasteiger partial charge in [0, 0.05) is 0 Å². The largest absolute Gasteiger partial charge is 0.358 e. The molecule has 0 saturated carbocycles. The Balaban J connectivity index is 0.000000163. The third kappa shape index (κ3) is 8.57. The number of hydrogen-bond donors (Lipinski definition) is 1. The maximum Gasteiger partial charge on any atom is -0.358 e. The van der Waals surface area contributed by atoms with E-state index in [2.05, 4.69) is 0 Å². The van der Waals surface area contributed by atoms with Gasteiger partial charge in [0.25, 0.3) is 0 Å². The van der Waals surface area contributed by atoms with Gasteiger partial charge in [-0.15, -0.1) is 0 Å². The first kappa shape index (κ1) is 51.0. The fourth-order valence-corrected chi connectivity index (χ4v) is 15.5. The minimum atomic E-state index is -0.905. The SMILES string of the molecule is O=C1c2c(O)c(=O)ccn2N(C2c3ccccc3[Se]Cc3c2ccc(F)c3F)C2COCCN12.O=C1c2c(OCc3ccccc3)c(=O)ccn2N(C2c3ccccc3[Se]Cc3c2ccc(F)c3F)C2COCCN12.[CH3-]. The first-order chi connectivity index (χ1) is 36.5. The molecular weight excluding hydrogens is 1120 g/mol. The molecule has 0 spiro atoms. The maximum atomic E-state index is 15.4. The fourth-order valence-electron chi connectivity index (χ4n) is 10.8. The molecule has 14 nitrogen and oxygen atoms in total.